The Morgan fingerprint density at radius 1 is 1.56 bits per heavy atom. The number of ketones is 1. The second kappa shape index (κ2) is 2.81. The van der Waals surface area contributed by atoms with E-state index < -0.39 is 0 Å². The van der Waals surface area contributed by atoms with E-state index in [4.69, 9.17) is 0 Å². The van der Waals surface area contributed by atoms with Crippen LogP contribution in [0.3, 0.4) is 0 Å². The maximum atomic E-state index is 11.0. The zero-order chi connectivity index (χ0) is 6.69. The third kappa shape index (κ3) is 1.41. The summed E-state index contributed by atoms with van der Waals surface area (Å²) in [6.45, 7) is 1.93. The van der Waals surface area contributed by atoms with Crippen LogP contribution < -0.4 is 0 Å². The van der Waals surface area contributed by atoms with Crippen molar-refractivity contribution in [2.75, 3.05) is 0 Å². The molecular weight excluding hydrogens is 112 g/mol. The Bertz CT molecular complexity index is 128. The number of carbonyl (C=O) groups excluding carboxylic acids is 1. The third-order valence-corrected chi connectivity index (χ3v) is 1.81. The molecule has 0 radical (unpaired) electrons. The highest BCUT2D eigenvalue weighted by atomic mass is 16.1. The van der Waals surface area contributed by atoms with Crippen molar-refractivity contribution in [3.05, 3.63) is 12.2 Å². The summed E-state index contributed by atoms with van der Waals surface area (Å²) in [6, 6.07) is 0. The summed E-state index contributed by atoms with van der Waals surface area (Å²) >= 11 is 0. The molecule has 1 aliphatic rings. The molecule has 1 rings (SSSR count). The van der Waals surface area contributed by atoms with Crippen LogP contribution in [0, 0.1) is 5.92 Å². The molecule has 0 amide bonds. The molecule has 0 aromatic heterocycles. The molecule has 0 saturated heterocycles. The number of Topliss-reactive ketones (excluding diaryl/α,β-unsaturated/α-hetero) is 1. The van der Waals surface area contributed by atoms with Gasteiger partial charge in [-0.25, -0.2) is 0 Å². The van der Waals surface area contributed by atoms with E-state index in [9.17, 15) is 4.79 Å². The van der Waals surface area contributed by atoms with E-state index in [-0.39, 0.29) is 0 Å². The largest absolute Gasteiger partial charge is 0.299 e. The van der Waals surface area contributed by atoms with Gasteiger partial charge in [-0.15, -0.1) is 0 Å². The maximum absolute atomic E-state index is 11.0. The SMILES string of the molecule is CCC(=O)C1CC=CC1. The number of hydrogen-bond donors (Lipinski definition) is 0. The molecule has 9 heavy (non-hydrogen) atoms. The first-order chi connectivity index (χ1) is 4.34. The molecule has 0 aromatic rings. The van der Waals surface area contributed by atoms with Crippen LogP contribution in [0.2, 0.25) is 0 Å². The smallest absolute Gasteiger partial charge is 0.136 e. The van der Waals surface area contributed by atoms with Crippen LogP contribution in [-0.2, 0) is 4.79 Å². The number of carbonyl (C=O) groups is 1. The highest BCUT2D eigenvalue weighted by molar-refractivity contribution is 5.81. The Morgan fingerprint density at radius 2 is 2.11 bits per heavy atom. The van der Waals surface area contributed by atoms with Crippen molar-refractivity contribution >= 4 is 5.78 Å². The van der Waals surface area contributed by atoms with Crippen LogP contribution in [0.5, 0.6) is 0 Å². The minimum absolute atomic E-state index is 0.329. The molecule has 1 aliphatic carbocycles. The van der Waals surface area contributed by atoms with E-state index in [0.29, 0.717) is 18.1 Å². The van der Waals surface area contributed by atoms with Gasteiger partial charge in [0.2, 0.25) is 0 Å². The average molecular weight is 124 g/mol. The van der Waals surface area contributed by atoms with E-state index in [1.54, 1.807) is 0 Å². The summed E-state index contributed by atoms with van der Waals surface area (Å²) in [5.41, 5.74) is 0. The molecule has 0 aliphatic heterocycles. The van der Waals surface area contributed by atoms with Crippen LogP contribution in [0.15, 0.2) is 12.2 Å². The molecule has 0 saturated carbocycles. The Hall–Kier alpha value is -0.590. The summed E-state index contributed by atoms with van der Waals surface area (Å²) in [4.78, 5) is 11.0. The van der Waals surface area contributed by atoms with Crippen LogP contribution in [-0.4, -0.2) is 5.78 Å². The predicted molar refractivity (Wildman–Crippen MR) is 37.2 cm³/mol. The van der Waals surface area contributed by atoms with E-state index in [1.165, 1.54) is 0 Å². The molecule has 1 nitrogen and oxygen atoms in total. The lowest BCUT2D eigenvalue weighted by Gasteiger charge is -2.03. The fourth-order valence-electron chi connectivity index (χ4n) is 1.17. The maximum Gasteiger partial charge on any atom is 0.136 e. The van der Waals surface area contributed by atoms with Crippen molar-refractivity contribution in [2.24, 2.45) is 5.92 Å². The van der Waals surface area contributed by atoms with Gasteiger partial charge in [-0.1, -0.05) is 19.1 Å². The lowest BCUT2D eigenvalue weighted by Crippen LogP contribution is -2.08. The van der Waals surface area contributed by atoms with E-state index in [0.717, 1.165) is 12.8 Å². The second-order valence-electron chi connectivity index (χ2n) is 2.46. The van der Waals surface area contributed by atoms with Crippen molar-refractivity contribution < 1.29 is 4.79 Å². The molecule has 0 spiro atoms. The Kier molecular flexibility index (Phi) is 2.04. The molecule has 0 heterocycles. The van der Waals surface area contributed by atoms with Gasteiger partial charge in [0, 0.05) is 12.3 Å². The molecule has 0 unspecified atom stereocenters. The number of hydrogen-bond acceptors (Lipinski definition) is 1. The van der Waals surface area contributed by atoms with Crippen LogP contribution >= 0.6 is 0 Å². The molecular formula is C8H12O. The Labute approximate surface area is 55.8 Å². The summed E-state index contributed by atoms with van der Waals surface area (Å²) in [5, 5.41) is 0. The van der Waals surface area contributed by atoms with Crippen molar-refractivity contribution in [1.82, 2.24) is 0 Å². The monoisotopic (exact) mass is 124 g/mol. The fourth-order valence-corrected chi connectivity index (χ4v) is 1.17. The summed E-state index contributed by atoms with van der Waals surface area (Å²) in [7, 11) is 0. The van der Waals surface area contributed by atoms with E-state index in [2.05, 4.69) is 12.2 Å². The molecule has 0 aromatic carbocycles. The van der Waals surface area contributed by atoms with Gasteiger partial charge < -0.3 is 0 Å². The van der Waals surface area contributed by atoms with Crippen molar-refractivity contribution in [2.45, 2.75) is 26.2 Å². The standard InChI is InChI=1S/C8H12O/c1-2-8(9)7-5-3-4-6-7/h3-4,7H,2,5-6H2,1H3. The lowest BCUT2D eigenvalue weighted by molar-refractivity contribution is -0.122. The summed E-state index contributed by atoms with van der Waals surface area (Å²) < 4.78 is 0. The predicted octanol–water partition coefficient (Wildman–Crippen LogP) is 1.93. The third-order valence-electron chi connectivity index (χ3n) is 1.81. The number of allylic oxidation sites excluding steroid dienone is 2. The van der Waals surface area contributed by atoms with Gasteiger partial charge in [0.25, 0.3) is 0 Å². The van der Waals surface area contributed by atoms with Gasteiger partial charge in [0.1, 0.15) is 5.78 Å². The molecule has 0 atom stereocenters. The van der Waals surface area contributed by atoms with Crippen LogP contribution in [0.4, 0.5) is 0 Å². The molecule has 1 heteroatoms. The molecule has 0 bridgehead atoms. The molecule has 50 valence electrons. The van der Waals surface area contributed by atoms with Crippen LogP contribution in [0.25, 0.3) is 0 Å². The van der Waals surface area contributed by atoms with Gasteiger partial charge in [0.05, 0.1) is 0 Å². The van der Waals surface area contributed by atoms with Crippen molar-refractivity contribution in [3.8, 4) is 0 Å². The Morgan fingerprint density at radius 3 is 2.56 bits per heavy atom. The van der Waals surface area contributed by atoms with Gasteiger partial charge in [-0.05, 0) is 12.8 Å². The van der Waals surface area contributed by atoms with E-state index in [1.807, 2.05) is 6.92 Å². The molecule has 0 N–H and O–H groups in total. The topological polar surface area (TPSA) is 17.1 Å². The van der Waals surface area contributed by atoms with Crippen LogP contribution in [0.1, 0.15) is 26.2 Å². The van der Waals surface area contributed by atoms with Gasteiger partial charge in [-0.3, -0.25) is 4.79 Å². The lowest BCUT2D eigenvalue weighted by atomic mass is 10.0. The first-order valence-electron chi connectivity index (χ1n) is 3.52. The highest BCUT2D eigenvalue weighted by Crippen LogP contribution is 2.19. The normalized spacial score (nSPS) is 18.8. The van der Waals surface area contributed by atoms with Crippen molar-refractivity contribution in [3.63, 3.8) is 0 Å². The molecule has 0 fully saturated rings. The fraction of sp³-hybridized carbons (Fsp3) is 0.625. The zero-order valence-corrected chi connectivity index (χ0v) is 5.76. The quantitative estimate of drug-likeness (QED) is 0.514. The minimum atomic E-state index is 0.329. The van der Waals surface area contributed by atoms with Gasteiger partial charge in [0.15, 0.2) is 0 Å². The zero-order valence-electron chi connectivity index (χ0n) is 5.76. The highest BCUT2D eigenvalue weighted by Gasteiger charge is 2.16. The Balaban J connectivity index is 2.36. The first kappa shape index (κ1) is 6.53. The summed E-state index contributed by atoms with van der Waals surface area (Å²) in [6.07, 6.45) is 6.85. The summed E-state index contributed by atoms with van der Waals surface area (Å²) in [5.74, 6) is 0.745. The van der Waals surface area contributed by atoms with Gasteiger partial charge >= 0.3 is 0 Å². The first-order valence-corrected chi connectivity index (χ1v) is 3.52. The minimum Gasteiger partial charge on any atom is -0.299 e. The van der Waals surface area contributed by atoms with E-state index >= 15 is 0 Å². The average Bonchev–Trinajstić information content (AvgIpc) is 2.37. The second-order valence-corrected chi connectivity index (χ2v) is 2.46. The van der Waals surface area contributed by atoms with Gasteiger partial charge in [-0.2, -0.15) is 0 Å². The number of rotatable bonds is 2. The van der Waals surface area contributed by atoms with Crippen molar-refractivity contribution in [1.29, 1.82) is 0 Å².